The molecule has 0 aromatic carbocycles. The van der Waals surface area contributed by atoms with Gasteiger partial charge in [0.2, 0.25) is 0 Å². The second-order valence-corrected chi connectivity index (χ2v) is 5.31. The van der Waals surface area contributed by atoms with Gasteiger partial charge in [-0.1, -0.05) is 6.92 Å². The average molecular weight is 320 g/mol. The Bertz CT molecular complexity index is 417. The highest BCUT2D eigenvalue weighted by Gasteiger charge is 2.50. The Morgan fingerprint density at radius 3 is 1.50 bits per heavy atom. The first-order valence-electron chi connectivity index (χ1n) is 6.83. The molecule has 0 saturated heterocycles. The first-order chi connectivity index (χ1) is 10.1. The summed E-state index contributed by atoms with van der Waals surface area (Å²) in [4.78, 5) is 36.0. The molecule has 6 atom stereocenters. The summed E-state index contributed by atoms with van der Waals surface area (Å²) in [5.74, 6) is -5.75. The van der Waals surface area contributed by atoms with E-state index in [9.17, 15) is 45.0 Å². The molecule has 0 aliphatic heterocycles. The molecular weight excluding hydrogens is 300 g/mol. The second kappa shape index (κ2) is 7.36. The highest BCUT2D eigenvalue weighted by molar-refractivity contribution is 6.21. The first kappa shape index (κ1) is 18.8. The molecule has 0 aromatic rings. The number of aliphatic hydroxyl groups excluding tert-OH is 6. The number of ketones is 3. The number of carbonyl (C=O) groups is 3. The Morgan fingerprint density at radius 2 is 1.18 bits per heavy atom. The third kappa shape index (κ3) is 3.40. The van der Waals surface area contributed by atoms with Crippen LogP contribution in [0.25, 0.3) is 0 Å². The van der Waals surface area contributed by atoms with Gasteiger partial charge in [0.25, 0.3) is 0 Å². The molecule has 6 unspecified atom stereocenters. The Labute approximate surface area is 125 Å². The van der Waals surface area contributed by atoms with Crippen LogP contribution in [0.2, 0.25) is 0 Å². The van der Waals surface area contributed by atoms with Gasteiger partial charge in [0, 0.05) is 6.42 Å². The molecule has 0 heterocycles. The van der Waals surface area contributed by atoms with E-state index in [2.05, 4.69) is 0 Å². The van der Waals surface area contributed by atoms with Gasteiger partial charge in [0.15, 0.2) is 17.3 Å². The van der Waals surface area contributed by atoms with Crippen molar-refractivity contribution in [1.29, 1.82) is 0 Å². The number of hydrogen-bond donors (Lipinski definition) is 6. The van der Waals surface area contributed by atoms with Gasteiger partial charge < -0.3 is 30.6 Å². The Balaban J connectivity index is 3.30. The van der Waals surface area contributed by atoms with E-state index >= 15 is 0 Å². The highest BCUT2D eigenvalue weighted by atomic mass is 16.4. The van der Waals surface area contributed by atoms with Crippen molar-refractivity contribution < 1.29 is 45.0 Å². The van der Waals surface area contributed by atoms with Gasteiger partial charge in [-0.2, -0.15) is 0 Å². The van der Waals surface area contributed by atoms with Gasteiger partial charge in [-0.3, -0.25) is 14.4 Å². The molecule has 6 N–H and O–H groups in total. The van der Waals surface area contributed by atoms with Gasteiger partial charge in [0.1, 0.15) is 42.5 Å². The van der Waals surface area contributed by atoms with Crippen molar-refractivity contribution in [3.8, 4) is 0 Å². The number of hydrogen-bond acceptors (Lipinski definition) is 9. The molecular formula is C13H20O9. The fourth-order valence-corrected chi connectivity index (χ4v) is 2.30. The van der Waals surface area contributed by atoms with Crippen LogP contribution in [-0.4, -0.2) is 84.6 Å². The molecule has 1 aliphatic carbocycles. The van der Waals surface area contributed by atoms with Crippen LogP contribution in [0.1, 0.15) is 19.8 Å². The summed E-state index contributed by atoms with van der Waals surface area (Å²) < 4.78 is 0. The minimum atomic E-state index is -2.32. The molecule has 126 valence electrons. The van der Waals surface area contributed by atoms with Crippen molar-refractivity contribution in [2.45, 2.75) is 56.4 Å². The summed E-state index contributed by atoms with van der Waals surface area (Å²) >= 11 is 0. The van der Waals surface area contributed by atoms with Gasteiger partial charge in [-0.05, 0) is 6.42 Å². The second-order valence-electron chi connectivity index (χ2n) is 5.31. The molecule has 0 radical (unpaired) electrons. The molecule has 1 rings (SSSR count). The third-order valence-electron chi connectivity index (χ3n) is 3.67. The van der Waals surface area contributed by atoms with Gasteiger partial charge in [-0.15, -0.1) is 0 Å². The van der Waals surface area contributed by atoms with E-state index in [1.54, 1.807) is 6.92 Å². The quantitative estimate of drug-likeness (QED) is 0.286. The standard InChI is InChI=1S/C13H20O9/c1-2-3-4(14)5-6(15)8(17)10(19)12(21)13(22)11(20)9(18)7(5)16/h5,8-13,17-22H,2-3H2,1H3. The zero-order valence-electron chi connectivity index (χ0n) is 11.9. The number of rotatable bonds is 3. The van der Waals surface area contributed by atoms with Crippen molar-refractivity contribution in [3.05, 3.63) is 0 Å². The third-order valence-corrected chi connectivity index (χ3v) is 3.67. The van der Waals surface area contributed by atoms with Crippen LogP contribution >= 0.6 is 0 Å². The average Bonchev–Trinajstić information content (AvgIpc) is 2.50. The lowest BCUT2D eigenvalue weighted by Gasteiger charge is -2.27. The van der Waals surface area contributed by atoms with Crippen molar-refractivity contribution in [2.75, 3.05) is 0 Å². The minimum Gasteiger partial charge on any atom is -0.387 e. The fraction of sp³-hybridized carbons (Fsp3) is 0.769. The van der Waals surface area contributed by atoms with Crippen molar-refractivity contribution in [2.24, 2.45) is 5.92 Å². The lowest BCUT2D eigenvalue weighted by molar-refractivity contribution is -0.158. The van der Waals surface area contributed by atoms with Crippen LogP contribution in [0, 0.1) is 5.92 Å². The molecule has 0 bridgehead atoms. The predicted octanol–water partition coefficient (Wildman–Crippen LogP) is -3.71. The molecule has 1 aliphatic rings. The molecule has 9 heteroatoms. The zero-order chi connectivity index (χ0) is 17.2. The first-order valence-corrected chi connectivity index (χ1v) is 6.83. The summed E-state index contributed by atoms with van der Waals surface area (Å²) in [7, 11) is 0. The van der Waals surface area contributed by atoms with Crippen LogP contribution < -0.4 is 0 Å². The topological polar surface area (TPSA) is 173 Å². The summed E-state index contributed by atoms with van der Waals surface area (Å²) in [6.45, 7) is 1.60. The normalized spacial score (nSPS) is 40.8. The highest BCUT2D eigenvalue weighted by Crippen LogP contribution is 2.22. The summed E-state index contributed by atoms with van der Waals surface area (Å²) in [6, 6.07) is 0. The van der Waals surface area contributed by atoms with Crippen molar-refractivity contribution >= 4 is 17.3 Å². The lowest BCUT2D eigenvalue weighted by Crippen LogP contribution is -2.52. The van der Waals surface area contributed by atoms with E-state index in [0.717, 1.165) is 0 Å². The molecule has 1 saturated carbocycles. The molecule has 0 amide bonds. The smallest absolute Gasteiger partial charge is 0.182 e. The van der Waals surface area contributed by atoms with Crippen molar-refractivity contribution in [3.63, 3.8) is 0 Å². The maximum absolute atomic E-state index is 12.1. The Hall–Kier alpha value is -1.23. The Morgan fingerprint density at radius 1 is 0.818 bits per heavy atom. The van der Waals surface area contributed by atoms with Gasteiger partial charge in [0.05, 0.1) is 0 Å². The van der Waals surface area contributed by atoms with E-state index < -0.39 is 59.9 Å². The molecule has 0 spiro atoms. The van der Waals surface area contributed by atoms with Gasteiger partial charge >= 0.3 is 0 Å². The van der Waals surface area contributed by atoms with Crippen LogP contribution in [0.4, 0.5) is 0 Å². The van der Waals surface area contributed by atoms with Crippen LogP contribution in [0.5, 0.6) is 0 Å². The molecule has 0 aromatic heterocycles. The van der Waals surface area contributed by atoms with Gasteiger partial charge in [-0.25, -0.2) is 0 Å². The molecule has 1 fully saturated rings. The molecule has 9 nitrogen and oxygen atoms in total. The SMILES string of the molecule is CCCC(=O)C1C(=O)C(O)C(O)C(O)C(O)C(O)C(O)C1=O. The predicted molar refractivity (Wildman–Crippen MR) is 69.5 cm³/mol. The largest absolute Gasteiger partial charge is 0.387 e. The minimum absolute atomic E-state index is 0.196. The van der Waals surface area contributed by atoms with E-state index in [4.69, 9.17) is 0 Å². The lowest BCUT2D eigenvalue weighted by atomic mass is 9.85. The number of carbonyl (C=O) groups excluding carboxylic acids is 3. The van der Waals surface area contributed by atoms with Crippen LogP contribution in [-0.2, 0) is 14.4 Å². The van der Waals surface area contributed by atoms with E-state index in [-0.39, 0.29) is 6.42 Å². The maximum atomic E-state index is 12.1. The fourth-order valence-electron chi connectivity index (χ4n) is 2.30. The van der Waals surface area contributed by atoms with E-state index in [1.165, 1.54) is 0 Å². The maximum Gasteiger partial charge on any atom is 0.182 e. The van der Waals surface area contributed by atoms with E-state index in [1.807, 2.05) is 0 Å². The Kier molecular flexibility index (Phi) is 6.29. The van der Waals surface area contributed by atoms with Crippen LogP contribution in [0.15, 0.2) is 0 Å². The molecule has 22 heavy (non-hydrogen) atoms. The summed E-state index contributed by atoms with van der Waals surface area (Å²) in [6.07, 6.45) is -13.4. The van der Waals surface area contributed by atoms with E-state index in [0.29, 0.717) is 6.42 Å². The summed E-state index contributed by atoms with van der Waals surface area (Å²) in [5, 5.41) is 57.9. The van der Waals surface area contributed by atoms with Crippen molar-refractivity contribution in [1.82, 2.24) is 0 Å². The zero-order valence-corrected chi connectivity index (χ0v) is 11.9. The number of aliphatic hydroxyl groups is 6. The van der Waals surface area contributed by atoms with Crippen LogP contribution in [0.3, 0.4) is 0 Å². The summed E-state index contributed by atoms with van der Waals surface area (Å²) in [5.41, 5.74) is 0. The monoisotopic (exact) mass is 320 g/mol. The number of Topliss-reactive ketones (excluding diaryl/α,β-unsaturated/α-hetero) is 3.